The van der Waals surface area contributed by atoms with E-state index in [0.717, 1.165) is 23.5 Å². The Labute approximate surface area is 174 Å². The van der Waals surface area contributed by atoms with Crippen molar-refractivity contribution < 1.29 is 8.85 Å². The highest BCUT2D eigenvalue weighted by molar-refractivity contribution is 6.70. The van der Waals surface area contributed by atoms with E-state index in [1.807, 2.05) is 0 Å². The molecular weight excluding hydrogens is 376 g/mol. The molecule has 1 aromatic rings. The normalized spacial score (nSPS) is 35.1. The van der Waals surface area contributed by atoms with Crippen LogP contribution in [-0.4, -0.2) is 22.7 Å². The molecule has 4 rings (SSSR count). The summed E-state index contributed by atoms with van der Waals surface area (Å²) < 4.78 is 13.0. The molecule has 2 nitrogen and oxygen atoms in total. The third kappa shape index (κ3) is 3.89. The van der Waals surface area contributed by atoms with Crippen LogP contribution in [0.1, 0.15) is 56.1 Å². The maximum absolute atomic E-state index is 6.71. The van der Waals surface area contributed by atoms with Crippen LogP contribution in [0.15, 0.2) is 18.2 Å². The highest BCUT2D eigenvalue weighted by Crippen LogP contribution is 2.61. The Morgan fingerprint density at radius 3 is 2.36 bits per heavy atom. The lowest BCUT2D eigenvalue weighted by Crippen LogP contribution is -2.47. The first kappa shape index (κ1) is 20.7. The predicted octanol–water partition coefficient (Wildman–Crippen LogP) is 6.98. The van der Waals surface area contributed by atoms with E-state index in [9.17, 15) is 0 Å². The molecule has 0 radical (unpaired) electrons. The highest BCUT2D eigenvalue weighted by atomic mass is 28.4. The van der Waals surface area contributed by atoms with Crippen LogP contribution in [0.2, 0.25) is 39.3 Å². The second kappa shape index (κ2) is 6.99. The van der Waals surface area contributed by atoms with E-state index in [2.05, 4.69) is 64.4 Å². The van der Waals surface area contributed by atoms with Gasteiger partial charge in [-0.2, -0.15) is 0 Å². The van der Waals surface area contributed by atoms with Crippen molar-refractivity contribution in [3.05, 3.63) is 29.3 Å². The van der Waals surface area contributed by atoms with Crippen LogP contribution in [0.25, 0.3) is 0 Å². The second-order valence-corrected chi connectivity index (χ2v) is 20.7. The van der Waals surface area contributed by atoms with E-state index in [4.69, 9.17) is 8.85 Å². The average Bonchev–Trinajstić information content (AvgIpc) is 2.88. The van der Waals surface area contributed by atoms with Crippen LogP contribution in [0.3, 0.4) is 0 Å². The predicted molar refractivity (Wildman–Crippen MR) is 123 cm³/mol. The lowest BCUT2D eigenvalue weighted by atomic mass is 9.55. The molecule has 2 fully saturated rings. The molecule has 0 aliphatic heterocycles. The summed E-state index contributed by atoms with van der Waals surface area (Å²) in [5.41, 5.74) is 3.60. The maximum atomic E-state index is 6.71. The Kier molecular flexibility index (Phi) is 5.16. The van der Waals surface area contributed by atoms with E-state index in [0.29, 0.717) is 11.5 Å². The summed E-state index contributed by atoms with van der Waals surface area (Å²) in [7, 11) is -3.03. The smallest absolute Gasteiger partial charge is 0.242 e. The van der Waals surface area contributed by atoms with Gasteiger partial charge in [0.15, 0.2) is 8.32 Å². The zero-order valence-electron chi connectivity index (χ0n) is 19.1. The molecule has 5 atom stereocenters. The SMILES string of the molecule is C[C@]12CC[C@@H]3c4ccc(O[Si](C)(C)C)cc4CCC3[C@@H]1CC[C@H]2O[Si](C)(C)C. The van der Waals surface area contributed by atoms with E-state index in [1.165, 1.54) is 38.5 Å². The van der Waals surface area contributed by atoms with Gasteiger partial charge in [0, 0.05) is 0 Å². The van der Waals surface area contributed by atoms with Gasteiger partial charge in [0.1, 0.15) is 5.75 Å². The van der Waals surface area contributed by atoms with Gasteiger partial charge in [-0.25, -0.2) is 0 Å². The molecule has 1 aromatic carbocycles. The molecule has 3 aliphatic rings. The molecule has 0 amide bonds. The standard InChI is InChI=1S/C24H40O2Si2/c1-24-15-14-20-19-11-9-18(25-27(2,3)4)16-17(19)8-10-21(20)22(24)12-13-23(24)26-28(5,6)7/h9,11,16,20-23H,8,10,12-15H2,1-7H3/t20-,21?,22+,23-,24+/m1/s1. The van der Waals surface area contributed by atoms with Crippen LogP contribution < -0.4 is 4.43 Å². The summed E-state index contributed by atoms with van der Waals surface area (Å²) in [4.78, 5) is 0. The van der Waals surface area contributed by atoms with Crippen molar-refractivity contribution in [3.63, 3.8) is 0 Å². The van der Waals surface area contributed by atoms with Crippen LogP contribution in [0, 0.1) is 17.3 Å². The topological polar surface area (TPSA) is 18.5 Å². The molecule has 3 aliphatic carbocycles. The van der Waals surface area contributed by atoms with Crippen LogP contribution in [0.4, 0.5) is 0 Å². The van der Waals surface area contributed by atoms with Gasteiger partial charge in [-0.05, 0) is 124 Å². The number of fused-ring (bicyclic) bond motifs is 5. The van der Waals surface area contributed by atoms with Crippen molar-refractivity contribution in [2.75, 3.05) is 0 Å². The molecule has 0 bridgehead atoms. The zero-order valence-corrected chi connectivity index (χ0v) is 21.1. The third-order valence-corrected chi connectivity index (χ3v) is 9.37. The fraction of sp³-hybridized carbons (Fsp3) is 0.750. The van der Waals surface area contributed by atoms with Crippen LogP contribution in [0.5, 0.6) is 5.75 Å². The number of hydrogen-bond donors (Lipinski definition) is 0. The van der Waals surface area contributed by atoms with Gasteiger partial charge in [-0.1, -0.05) is 13.0 Å². The first-order chi connectivity index (χ1) is 13.0. The number of hydrogen-bond acceptors (Lipinski definition) is 2. The molecule has 28 heavy (non-hydrogen) atoms. The first-order valence-corrected chi connectivity index (χ1v) is 18.3. The van der Waals surface area contributed by atoms with E-state index in [1.54, 1.807) is 11.1 Å². The second-order valence-electron chi connectivity index (χ2n) is 11.8. The molecule has 2 saturated carbocycles. The fourth-order valence-corrected chi connectivity index (χ4v) is 8.62. The Balaban J connectivity index is 1.56. The van der Waals surface area contributed by atoms with Crippen molar-refractivity contribution in [1.82, 2.24) is 0 Å². The van der Waals surface area contributed by atoms with Crippen LogP contribution in [-0.2, 0) is 10.8 Å². The summed E-state index contributed by atoms with van der Waals surface area (Å²) >= 11 is 0. The molecule has 1 unspecified atom stereocenters. The first-order valence-electron chi connectivity index (χ1n) is 11.5. The average molecular weight is 417 g/mol. The quantitative estimate of drug-likeness (QED) is 0.493. The summed E-state index contributed by atoms with van der Waals surface area (Å²) in [6, 6.07) is 7.03. The maximum Gasteiger partial charge on any atom is 0.242 e. The molecule has 0 saturated heterocycles. The lowest BCUT2D eigenvalue weighted by Gasteiger charge is -2.51. The molecular formula is C24H40O2Si2. The number of aryl methyl sites for hydroxylation is 1. The summed E-state index contributed by atoms with van der Waals surface area (Å²) in [6.07, 6.45) is 8.41. The third-order valence-electron chi connectivity index (χ3n) is 7.53. The minimum absolute atomic E-state index is 0.403. The minimum atomic E-state index is -1.54. The van der Waals surface area contributed by atoms with Crippen molar-refractivity contribution in [3.8, 4) is 5.75 Å². The van der Waals surface area contributed by atoms with Gasteiger partial charge in [-0.3, -0.25) is 0 Å². The Morgan fingerprint density at radius 1 is 0.929 bits per heavy atom. The summed E-state index contributed by atoms with van der Waals surface area (Å²) in [5, 5.41) is 0. The van der Waals surface area contributed by atoms with Crippen LogP contribution >= 0.6 is 0 Å². The summed E-state index contributed by atoms with van der Waals surface area (Å²) in [6.45, 7) is 16.4. The van der Waals surface area contributed by atoms with E-state index in [-0.39, 0.29) is 0 Å². The van der Waals surface area contributed by atoms with E-state index < -0.39 is 16.6 Å². The Morgan fingerprint density at radius 2 is 1.68 bits per heavy atom. The monoisotopic (exact) mass is 416 g/mol. The molecule has 0 spiro atoms. The minimum Gasteiger partial charge on any atom is -0.544 e. The van der Waals surface area contributed by atoms with Crippen molar-refractivity contribution in [1.29, 1.82) is 0 Å². The van der Waals surface area contributed by atoms with Gasteiger partial charge >= 0.3 is 0 Å². The van der Waals surface area contributed by atoms with Gasteiger partial charge in [0.05, 0.1) is 6.10 Å². The highest BCUT2D eigenvalue weighted by Gasteiger charge is 2.55. The molecule has 0 heterocycles. The summed E-state index contributed by atoms with van der Waals surface area (Å²) in [5.74, 6) is 3.55. The number of benzene rings is 1. The van der Waals surface area contributed by atoms with Crippen molar-refractivity contribution in [2.24, 2.45) is 17.3 Å². The Hall–Kier alpha value is -0.586. The molecule has 0 N–H and O–H groups in total. The van der Waals surface area contributed by atoms with Gasteiger partial charge in [0.2, 0.25) is 8.32 Å². The van der Waals surface area contributed by atoms with Crippen molar-refractivity contribution >= 4 is 16.6 Å². The van der Waals surface area contributed by atoms with E-state index >= 15 is 0 Å². The molecule has 4 heteroatoms. The lowest BCUT2D eigenvalue weighted by molar-refractivity contribution is -0.0140. The largest absolute Gasteiger partial charge is 0.544 e. The number of rotatable bonds is 4. The van der Waals surface area contributed by atoms with Gasteiger partial charge in [0.25, 0.3) is 0 Å². The van der Waals surface area contributed by atoms with Gasteiger partial charge in [-0.15, -0.1) is 0 Å². The zero-order chi connectivity index (χ0) is 20.3. The van der Waals surface area contributed by atoms with Crippen molar-refractivity contribution in [2.45, 2.75) is 96.8 Å². The molecule has 0 aromatic heterocycles. The fourth-order valence-electron chi connectivity index (χ4n) is 6.55. The molecule has 156 valence electrons. The van der Waals surface area contributed by atoms with Gasteiger partial charge < -0.3 is 8.85 Å². The Bertz CT molecular complexity index is 733.